The van der Waals surface area contributed by atoms with Crippen molar-refractivity contribution < 1.29 is 4.79 Å². The minimum Gasteiger partial charge on any atom is -0.335 e. The molecule has 1 saturated carbocycles. The average molecular weight is 295 g/mol. The zero-order valence-electron chi connectivity index (χ0n) is 12.5. The smallest absolute Gasteiger partial charge is 0.254 e. The van der Waals surface area contributed by atoms with E-state index in [1.807, 2.05) is 11.0 Å². The normalized spacial score (nSPS) is 14.7. The summed E-state index contributed by atoms with van der Waals surface area (Å²) in [5.41, 5.74) is 1.59. The molecule has 2 rings (SSSR count). The van der Waals surface area contributed by atoms with Gasteiger partial charge in [-0.3, -0.25) is 4.79 Å². The summed E-state index contributed by atoms with van der Waals surface area (Å²) in [5.74, 6) is 0.579. The highest BCUT2D eigenvalue weighted by Crippen LogP contribution is 2.29. The van der Waals surface area contributed by atoms with Crippen LogP contribution in [0.1, 0.15) is 56.1 Å². The molecule has 1 amide bonds. The van der Waals surface area contributed by atoms with E-state index < -0.39 is 0 Å². The van der Waals surface area contributed by atoms with Gasteiger partial charge in [-0.2, -0.15) is 0 Å². The maximum atomic E-state index is 12.7. The molecule has 0 saturated heterocycles. The maximum absolute atomic E-state index is 12.7. The predicted molar refractivity (Wildman–Crippen MR) is 82.1 cm³/mol. The van der Waals surface area contributed by atoms with Gasteiger partial charge in [0.2, 0.25) is 0 Å². The number of hydrogen-bond acceptors (Lipinski definition) is 2. The fourth-order valence-corrected chi connectivity index (χ4v) is 2.63. The maximum Gasteiger partial charge on any atom is 0.254 e. The number of nitrogens with zero attached hydrogens (tertiary/aromatic N) is 2. The molecule has 0 spiro atoms. The Morgan fingerprint density at radius 3 is 2.70 bits per heavy atom. The second kappa shape index (κ2) is 6.57. The van der Waals surface area contributed by atoms with Gasteiger partial charge in [0.25, 0.3) is 5.91 Å². The standard InChI is InChI=1S/C16H23ClN2O/c1-4-5-13-8-12(9-15(17)18-13)16(20)19(10-11(2)3)14-6-7-14/h8-9,11,14H,4-7,10H2,1-3H3. The second-order valence-electron chi connectivity index (χ2n) is 6.00. The van der Waals surface area contributed by atoms with Gasteiger partial charge in [0.15, 0.2) is 0 Å². The molecule has 0 radical (unpaired) electrons. The first kappa shape index (κ1) is 15.3. The fraction of sp³-hybridized carbons (Fsp3) is 0.625. The summed E-state index contributed by atoms with van der Waals surface area (Å²) in [7, 11) is 0. The van der Waals surface area contributed by atoms with Crippen LogP contribution in [0, 0.1) is 5.92 Å². The Kier molecular flexibility index (Phi) is 5.03. The summed E-state index contributed by atoms with van der Waals surface area (Å²) >= 11 is 6.05. The summed E-state index contributed by atoms with van der Waals surface area (Å²) in [6.07, 6.45) is 4.10. The molecule has 0 N–H and O–H groups in total. The average Bonchev–Trinajstić information content (AvgIpc) is 3.19. The van der Waals surface area contributed by atoms with Crippen molar-refractivity contribution in [1.29, 1.82) is 0 Å². The fourth-order valence-electron chi connectivity index (χ4n) is 2.40. The molecule has 1 aliphatic carbocycles. The Labute approximate surface area is 126 Å². The van der Waals surface area contributed by atoms with E-state index in [1.165, 1.54) is 0 Å². The molecule has 20 heavy (non-hydrogen) atoms. The number of carbonyl (C=O) groups is 1. The minimum absolute atomic E-state index is 0.0999. The Balaban J connectivity index is 2.21. The van der Waals surface area contributed by atoms with Gasteiger partial charge in [-0.15, -0.1) is 0 Å². The number of hydrogen-bond donors (Lipinski definition) is 0. The van der Waals surface area contributed by atoms with Gasteiger partial charge >= 0.3 is 0 Å². The third kappa shape index (κ3) is 3.95. The van der Waals surface area contributed by atoms with Gasteiger partial charge < -0.3 is 4.90 Å². The molecule has 110 valence electrons. The Morgan fingerprint density at radius 1 is 1.45 bits per heavy atom. The third-order valence-electron chi connectivity index (χ3n) is 3.41. The number of pyridine rings is 1. The molecule has 4 heteroatoms. The summed E-state index contributed by atoms with van der Waals surface area (Å²) in [4.78, 5) is 19.0. The predicted octanol–water partition coefficient (Wildman–Crippen LogP) is 3.95. The van der Waals surface area contributed by atoms with Crippen molar-refractivity contribution in [3.63, 3.8) is 0 Å². The van der Waals surface area contributed by atoms with Crippen LogP contribution in [0.25, 0.3) is 0 Å². The van der Waals surface area contributed by atoms with Gasteiger partial charge in [-0.05, 0) is 37.3 Å². The Bertz CT molecular complexity index is 483. The van der Waals surface area contributed by atoms with Gasteiger partial charge in [-0.25, -0.2) is 4.98 Å². The van der Waals surface area contributed by atoms with Crippen molar-refractivity contribution in [2.24, 2.45) is 5.92 Å². The topological polar surface area (TPSA) is 33.2 Å². The summed E-state index contributed by atoms with van der Waals surface area (Å²) in [6.45, 7) is 7.20. The first-order valence-electron chi connectivity index (χ1n) is 7.48. The first-order valence-corrected chi connectivity index (χ1v) is 7.86. The zero-order valence-corrected chi connectivity index (χ0v) is 13.3. The molecule has 0 aliphatic heterocycles. The SMILES string of the molecule is CCCc1cc(C(=O)N(CC(C)C)C2CC2)cc(Cl)n1. The number of aryl methyl sites for hydroxylation is 1. The van der Waals surface area contributed by atoms with Crippen molar-refractivity contribution in [1.82, 2.24) is 9.88 Å². The molecule has 1 aromatic heterocycles. The third-order valence-corrected chi connectivity index (χ3v) is 3.60. The highest BCUT2D eigenvalue weighted by atomic mass is 35.5. The van der Waals surface area contributed by atoms with Crippen LogP contribution in [0.4, 0.5) is 0 Å². The molecule has 0 aromatic carbocycles. The zero-order chi connectivity index (χ0) is 14.7. The molecule has 0 bridgehead atoms. The molecule has 1 aliphatic rings. The van der Waals surface area contributed by atoms with Crippen LogP contribution in [-0.2, 0) is 6.42 Å². The largest absolute Gasteiger partial charge is 0.335 e. The van der Waals surface area contributed by atoms with Gasteiger partial charge in [0, 0.05) is 23.8 Å². The number of rotatable bonds is 6. The summed E-state index contributed by atoms with van der Waals surface area (Å²) < 4.78 is 0. The molecule has 3 nitrogen and oxygen atoms in total. The van der Waals surface area contributed by atoms with Crippen LogP contribution in [-0.4, -0.2) is 28.4 Å². The highest BCUT2D eigenvalue weighted by Gasteiger charge is 2.33. The van der Waals surface area contributed by atoms with E-state index in [4.69, 9.17) is 11.6 Å². The van der Waals surface area contributed by atoms with Gasteiger partial charge in [-0.1, -0.05) is 38.8 Å². The van der Waals surface area contributed by atoms with E-state index in [0.29, 0.717) is 22.7 Å². The Morgan fingerprint density at radius 2 is 2.15 bits per heavy atom. The van der Waals surface area contributed by atoms with E-state index in [0.717, 1.165) is 37.9 Å². The van der Waals surface area contributed by atoms with E-state index in [1.54, 1.807) is 6.07 Å². The van der Waals surface area contributed by atoms with Crippen molar-refractivity contribution in [3.05, 3.63) is 28.5 Å². The van der Waals surface area contributed by atoms with Crippen molar-refractivity contribution >= 4 is 17.5 Å². The van der Waals surface area contributed by atoms with E-state index >= 15 is 0 Å². The van der Waals surface area contributed by atoms with Gasteiger partial charge in [0.1, 0.15) is 5.15 Å². The van der Waals surface area contributed by atoms with Gasteiger partial charge in [0.05, 0.1) is 0 Å². The van der Waals surface area contributed by atoms with Crippen LogP contribution in [0.15, 0.2) is 12.1 Å². The van der Waals surface area contributed by atoms with Crippen molar-refractivity contribution in [2.75, 3.05) is 6.54 Å². The van der Waals surface area contributed by atoms with Crippen molar-refractivity contribution in [3.8, 4) is 0 Å². The van der Waals surface area contributed by atoms with Crippen LogP contribution in [0.5, 0.6) is 0 Å². The van der Waals surface area contributed by atoms with Crippen LogP contribution < -0.4 is 0 Å². The number of halogens is 1. The van der Waals surface area contributed by atoms with Crippen LogP contribution in [0.2, 0.25) is 5.15 Å². The molecule has 1 fully saturated rings. The highest BCUT2D eigenvalue weighted by molar-refractivity contribution is 6.29. The minimum atomic E-state index is 0.0999. The lowest BCUT2D eigenvalue weighted by atomic mass is 10.1. The molecular weight excluding hydrogens is 272 g/mol. The molecule has 0 unspecified atom stereocenters. The number of carbonyl (C=O) groups excluding carboxylic acids is 1. The second-order valence-corrected chi connectivity index (χ2v) is 6.39. The molecular formula is C16H23ClN2O. The molecule has 1 heterocycles. The monoisotopic (exact) mass is 294 g/mol. The lowest BCUT2D eigenvalue weighted by Crippen LogP contribution is -2.36. The first-order chi connectivity index (χ1) is 9.51. The number of amides is 1. The van der Waals surface area contributed by atoms with Crippen molar-refractivity contribution in [2.45, 2.75) is 52.5 Å². The lowest BCUT2D eigenvalue weighted by Gasteiger charge is -2.24. The van der Waals surface area contributed by atoms with Crippen LogP contribution in [0.3, 0.4) is 0 Å². The van der Waals surface area contributed by atoms with E-state index in [2.05, 4.69) is 25.8 Å². The quantitative estimate of drug-likeness (QED) is 0.744. The lowest BCUT2D eigenvalue weighted by molar-refractivity contribution is 0.0722. The molecule has 1 aromatic rings. The van der Waals surface area contributed by atoms with E-state index in [9.17, 15) is 4.79 Å². The number of aromatic nitrogens is 1. The summed E-state index contributed by atoms with van der Waals surface area (Å²) in [6, 6.07) is 4.01. The Hall–Kier alpha value is -1.09. The van der Waals surface area contributed by atoms with E-state index in [-0.39, 0.29) is 5.91 Å². The summed E-state index contributed by atoms with van der Waals surface area (Å²) in [5, 5.41) is 0.416. The molecule has 0 atom stereocenters. The van der Waals surface area contributed by atoms with Crippen LogP contribution >= 0.6 is 11.6 Å².